The van der Waals surface area contributed by atoms with E-state index in [1.807, 2.05) is 0 Å². The number of anilines is 2. The van der Waals surface area contributed by atoms with Crippen molar-refractivity contribution in [1.82, 2.24) is 9.97 Å². The van der Waals surface area contributed by atoms with Gasteiger partial charge in [0.15, 0.2) is 0 Å². The lowest BCUT2D eigenvalue weighted by atomic mass is 9.94. The lowest BCUT2D eigenvalue weighted by molar-refractivity contribution is 0.214. The Morgan fingerprint density at radius 3 is 2.77 bits per heavy atom. The highest BCUT2D eigenvalue weighted by molar-refractivity contribution is 6.47. The minimum atomic E-state index is 0.194. The fourth-order valence-electron chi connectivity index (χ4n) is 2.24. The van der Waals surface area contributed by atoms with Crippen molar-refractivity contribution in [3.8, 4) is 5.75 Å². The molecule has 3 N–H and O–H groups in total. The second-order valence-corrected chi connectivity index (χ2v) is 4.84. The molecule has 7 heteroatoms. The summed E-state index contributed by atoms with van der Waals surface area (Å²) in [5, 5.41) is 24.2. The number of aromatic hydroxyl groups is 1. The Labute approximate surface area is 127 Å². The summed E-state index contributed by atoms with van der Waals surface area (Å²) in [6.45, 7) is 0. The summed E-state index contributed by atoms with van der Waals surface area (Å²) in [5.41, 5.74) is 3.18. The van der Waals surface area contributed by atoms with Crippen LogP contribution < -0.4 is 5.32 Å². The number of fused-ring (bicyclic) bond motifs is 1. The summed E-state index contributed by atoms with van der Waals surface area (Å²) in [5.74, 6) is 0.600. The third-order valence-electron chi connectivity index (χ3n) is 3.33. The number of nitrogens with one attached hydrogen (secondary N) is 2. The molecule has 1 aromatic carbocycles. The van der Waals surface area contributed by atoms with Gasteiger partial charge in [-0.3, -0.25) is 0 Å². The summed E-state index contributed by atoms with van der Waals surface area (Å²) in [6.07, 6.45) is 3.06. The van der Waals surface area contributed by atoms with Gasteiger partial charge in [-0.15, -0.1) is 0 Å². The highest BCUT2D eigenvalue weighted by atomic mass is 16.6. The van der Waals surface area contributed by atoms with Gasteiger partial charge in [0.1, 0.15) is 24.3 Å². The number of nitrogens with zero attached hydrogens (tertiary/aromatic N) is 3. The average Bonchev–Trinajstić information content (AvgIpc) is 2.53. The topological polar surface area (TPSA) is 103 Å². The molecule has 112 valence electrons. The largest absolute Gasteiger partial charge is 0.508 e. The van der Waals surface area contributed by atoms with E-state index >= 15 is 0 Å². The van der Waals surface area contributed by atoms with Crippen LogP contribution in [0.3, 0.4) is 0 Å². The molecule has 1 heterocycles. The molecule has 3 rings (SSSR count). The van der Waals surface area contributed by atoms with Gasteiger partial charge in [-0.2, -0.15) is 0 Å². The molecule has 0 amide bonds. The van der Waals surface area contributed by atoms with Crippen LogP contribution >= 0.6 is 0 Å². The number of rotatable bonds is 3. The van der Waals surface area contributed by atoms with Crippen LogP contribution in [-0.4, -0.2) is 33.6 Å². The number of phenols is 1. The molecule has 0 saturated heterocycles. The molecule has 0 radical (unpaired) electrons. The molecular weight excluding hydrogens is 282 g/mol. The van der Waals surface area contributed by atoms with Crippen LogP contribution in [0, 0.1) is 5.41 Å². The minimum absolute atomic E-state index is 0.194. The summed E-state index contributed by atoms with van der Waals surface area (Å²) in [4.78, 5) is 13.5. The van der Waals surface area contributed by atoms with Crippen LogP contribution in [0.25, 0.3) is 0 Å². The molecule has 22 heavy (non-hydrogen) atoms. The standard InChI is InChI=1S/C15H15N5O2/c1-22-20-14-12(16)7-2-9-8-17-15(19-13(9)14)18-10-3-5-11(21)6-4-10/h3-6,8,16,21H,2,7H2,1H3,(H,17,18,19)/b16-12?,20-14+. The lowest BCUT2D eigenvalue weighted by Gasteiger charge is -2.17. The van der Waals surface area contributed by atoms with Gasteiger partial charge in [0.2, 0.25) is 5.95 Å². The highest BCUT2D eigenvalue weighted by Gasteiger charge is 2.23. The molecule has 2 aromatic rings. The predicted octanol–water partition coefficient (Wildman–Crippen LogP) is 2.24. The summed E-state index contributed by atoms with van der Waals surface area (Å²) in [6, 6.07) is 6.61. The van der Waals surface area contributed by atoms with Crippen LogP contribution in [0.15, 0.2) is 35.6 Å². The fraction of sp³-hybridized carbons (Fsp3) is 0.200. The number of phenolic OH excluding ortho intramolecular Hbond substituents is 1. The summed E-state index contributed by atoms with van der Waals surface area (Å²) >= 11 is 0. The van der Waals surface area contributed by atoms with Crippen LogP contribution in [-0.2, 0) is 11.3 Å². The Hall–Kier alpha value is -2.96. The summed E-state index contributed by atoms with van der Waals surface area (Å²) in [7, 11) is 1.45. The van der Waals surface area contributed by atoms with E-state index in [2.05, 4.69) is 20.4 Å². The molecule has 0 unspecified atom stereocenters. The van der Waals surface area contributed by atoms with E-state index in [4.69, 9.17) is 10.2 Å². The Morgan fingerprint density at radius 1 is 1.27 bits per heavy atom. The van der Waals surface area contributed by atoms with Gasteiger partial charge in [-0.05, 0) is 42.7 Å². The van der Waals surface area contributed by atoms with Crippen molar-refractivity contribution in [1.29, 1.82) is 5.41 Å². The Kier molecular flexibility index (Phi) is 3.69. The number of hydrogen-bond acceptors (Lipinski definition) is 7. The van der Waals surface area contributed by atoms with E-state index in [9.17, 15) is 5.11 Å². The first-order valence-corrected chi connectivity index (χ1v) is 6.78. The minimum Gasteiger partial charge on any atom is -0.508 e. The first-order chi connectivity index (χ1) is 10.7. The zero-order chi connectivity index (χ0) is 15.5. The van der Waals surface area contributed by atoms with Crippen molar-refractivity contribution < 1.29 is 9.94 Å². The van der Waals surface area contributed by atoms with E-state index in [-0.39, 0.29) is 5.75 Å². The van der Waals surface area contributed by atoms with Gasteiger partial charge in [0, 0.05) is 11.9 Å². The molecule has 0 aliphatic heterocycles. The molecule has 0 spiro atoms. The fourth-order valence-corrected chi connectivity index (χ4v) is 2.24. The highest BCUT2D eigenvalue weighted by Crippen LogP contribution is 2.21. The molecule has 1 aromatic heterocycles. The van der Waals surface area contributed by atoms with E-state index in [0.717, 1.165) is 17.7 Å². The van der Waals surface area contributed by atoms with Crippen molar-refractivity contribution in [3.05, 3.63) is 41.7 Å². The van der Waals surface area contributed by atoms with E-state index in [1.165, 1.54) is 7.11 Å². The molecule has 7 nitrogen and oxygen atoms in total. The molecule has 1 aliphatic rings. The number of aryl methyl sites for hydroxylation is 1. The zero-order valence-electron chi connectivity index (χ0n) is 12.0. The van der Waals surface area contributed by atoms with E-state index < -0.39 is 0 Å². The Bertz CT molecular complexity index is 740. The third kappa shape index (κ3) is 2.73. The van der Waals surface area contributed by atoms with Gasteiger partial charge in [-0.25, -0.2) is 9.97 Å². The lowest BCUT2D eigenvalue weighted by Crippen LogP contribution is -2.25. The van der Waals surface area contributed by atoms with Gasteiger partial charge in [0.05, 0.1) is 5.71 Å². The van der Waals surface area contributed by atoms with Gasteiger partial charge < -0.3 is 20.7 Å². The molecule has 1 aliphatic carbocycles. The van der Waals surface area contributed by atoms with E-state index in [1.54, 1.807) is 30.5 Å². The van der Waals surface area contributed by atoms with Crippen molar-refractivity contribution in [2.75, 3.05) is 12.4 Å². The molecular formula is C15H15N5O2. The first kappa shape index (κ1) is 14.0. The van der Waals surface area contributed by atoms with Crippen molar-refractivity contribution in [3.63, 3.8) is 0 Å². The van der Waals surface area contributed by atoms with Crippen LogP contribution in [0.4, 0.5) is 11.6 Å². The maximum Gasteiger partial charge on any atom is 0.227 e. The second kappa shape index (κ2) is 5.80. The second-order valence-electron chi connectivity index (χ2n) is 4.84. The first-order valence-electron chi connectivity index (χ1n) is 6.78. The zero-order valence-corrected chi connectivity index (χ0v) is 12.0. The predicted molar refractivity (Wildman–Crippen MR) is 83.0 cm³/mol. The monoisotopic (exact) mass is 297 g/mol. The molecule has 0 bridgehead atoms. The maximum atomic E-state index is 9.29. The number of hydrogen-bond donors (Lipinski definition) is 3. The van der Waals surface area contributed by atoms with Crippen molar-refractivity contribution in [2.24, 2.45) is 5.16 Å². The molecule has 0 fully saturated rings. The number of oxime groups is 1. The molecule has 0 saturated carbocycles. The van der Waals surface area contributed by atoms with Crippen LogP contribution in [0.1, 0.15) is 17.7 Å². The van der Waals surface area contributed by atoms with Gasteiger partial charge >= 0.3 is 0 Å². The smallest absolute Gasteiger partial charge is 0.227 e. The van der Waals surface area contributed by atoms with E-state index in [0.29, 0.717) is 29.5 Å². The average molecular weight is 297 g/mol. The van der Waals surface area contributed by atoms with Crippen molar-refractivity contribution in [2.45, 2.75) is 12.8 Å². The number of aromatic nitrogens is 2. The van der Waals surface area contributed by atoms with Gasteiger partial charge in [0.25, 0.3) is 0 Å². The normalized spacial score (nSPS) is 15.5. The van der Waals surface area contributed by atoms with Gasteiger partial charge in [-0.1, -0.05) is 5.16 Å². The molecule has 0 atom stereocenters. The quantitative estimate of drug-likeness (QED) is 0.595. The third-order valence-corrected chi connectivity index (χ3v) is 3.33. The van der Waals surface area contributed by atoms with Crippen LogP contribution in [0.2, 0.25) is 0 Å². The van der Waals surface area contributed by atoms with Crippen molar-refractivity contribution >= 4 is 23.1 Å². The number of benzene rings is 1. The van der Waals surface area contributed by atoms with Crippen LogP contribution in [0.5, 0.6) is 5.75 Å². The Balaban J connectivity index is 1.94. The SMILES string of the molecule is CO/N=C1\C(=N)CCc2cnc(Nc3ccc(O)cc3)nc21. The Morgan fingerprint density at radius 2 is 2.05 bits per heavy atom. The maximum absolute atomic E-state index is 9.29. The summed E-state index contributed by atoms with van der Waals surface area (Å²) < 4.78 is 0.